The number of furan rings is 1. The third-order valence-electron chi connectivity index (χ3n) is 2.09. The second-order valence-corrected chi connectivity index (χ2v) is 3.42. The first-order chi connectivity index (χ1) is 8.15. The molecule has 6 heteroatoms. The fraction of sp³-hybridized carbons (Fsp3) is 0.182. The average Bonchev–Trinajstić information content (AvgIpc) is 2.75. The zero-order valence-electron chi connectivity index (χ0n) is 9.17. The summed E-state index contributed by atoms with van der Waals surface area (Å²) >= 11 is 0. The number of carboxylic acids is 1. The van der Waals surface area contributed by atoms with Gasteiger partial charge in [0.25, 0.3) is 0 Å². The maximum Gasteiger partial charge on any atom is 0.371 e. The van der Waals surface area contributed by atoms with E-state index in [0.29, 0.717) is 18.3 Å². The third kappa shape index (κ3) is 2.81. The Bertz CT molecular complexity index is 536. The summed E-state index contributed by atoms with van der Waals surface area (Å²) in [4.78, 5) is 18.8. The number of rotatable bonds is 4. The largest absolute Gasteiger partial charge is 0.475 e. The summed E-state index contributed by atoms with van der Waals surface area (Å²) in [6.07, 6.45) is 1.67. The molecule has 0 amide bonds. The van der Waals surface area contributed by atoms with Gasteiger partial charge in [0, 0.05) is 12.3 Å². The molecule has 0 atom stereocenters. The first-order valence-corrected chi connectivity index (χ1v) is 5.00. The number of aryl methyl sites for hydroxylation is 1. The molecule has 0 fully saturated rings. The zero-order chi connectivity index (χ0) is 12.3. The van der Waals surface area contributed by atoms with Crippen molar-refractivity contribution in [2.45, 2.75) is 13.5 Å². The normalized spacial score (nSPS) is 10.2. The van der Waals surface area contributed by atoms with E-state index in [2.05, 4.69) is 15.3 Å². The Kier molecular flexibility index (Phi) is 3.04. The van der Waals surface area contributed by atoms with Crippen LogP contribution in [0.2, 0.25) is 0 Å². The number of carbonyl (C=O) groups is 1. The highest BCUT2D eigenvalue weighted by molar-refractivity contribution is 5.84. The zero-order valence-corrected chi connectivity index (χ0v) is 9.17. The van der Waals surface area contributed by atoms with Crippen LogP contribution in [0, 0.1) is 6.92 Å². The van der Waals surface area contributed by atoms with Crippen LogP contribution in [0.3, 0.4) is 0 Å². The molecule has 0 unspecified atom stereocenters. The third-order valence-corrected chi connectivity index (χ3v) is 2.09. The van der Waals surface area contributed by atoms with Gasteiger partial charge in [-0.3, -0.25) is 0 Å². The van der Waals surface area contributed by atoms with E-state index in [1.54, 1.807) is 25.3 Å². The maximum absolute atomic E-state index is 10.6. The van der Waals surface area contributed by atoms with E-state index in [0.717, 1.165) is 5.69 Å². The van der Waals surface area contributed by atoms with E-state index in [4.69, 9.17) is 9.52 Å². The van der Waals surface area contributed by atoms with Gasteiger partial charge < -0.3 is 14.8 Å². The Morgan fingerprint density at radius 3 is 2.94 bits per heavy atom. The lowest BCUT2D eigenvalue weighted by atomic mass is 10.4. The van der Waals surface area contributed by atoms with Crippen LogP contribution in [-0.4, -0.2) is 21.0 Å². The van der Waals surface area contributed by atoms with Crippen LogP contribution in [0.15, 0.2) is 28.8 Å². The molecular weight excluding hydrogens is 222 g/mol. The van der Waals surface area contributed by atoms with Gasteiger partial charge in [0.2, 0.25) is 5.76 Å². The van der Waals surface area contributed by atoms with Gasteiger partial charge in [0.15, 0.2) is 5.88 Å². The number of anilines is 1. The molecule has 2 aromatic heterocycles. The number of nitrogens with zero attached hydrogens (tertiary/aromatic N) is 2. The molecule has 6 nitrogen and oxygen atoms in total. The Morgan fingerprint density at radius 2 is 2.29 bits per heavy atom. The molecule has 2 N–H and O–H groups in total. The van der Waals surface area contributed by atoms with Crippen molar-refractivity contribution in [1.29, 1.82) is 0 Å². The Morgan fingerprint density at radius 1 is 1.47 bits per heavy atom. The highest BCUT2D eigenvalue weighted by atomic mass is 16.4. The van der Waals surface area contributed by atoms with E-state index in [-0.39, 0.29) is 5.76 Å². The van der Waals surface area contributed by atoms with Gasteiger partial charge in [0.1, 0.15) is 5.82 Å². The van der Waals surface area contributed by atoms with Crippen LogP contribution >= 0.6 is 0 Å². The topological polar surface area (TPSA) is 88.2 Å². The van der Waals surface area contributed by atoms with Gasteiger partial charge in [-0.2, -0.15) is 0 Å². The minimum Gasteiger partial charge on any atom is -0.475 e. The summed E-state index contributed by atoms with van der Waals surface area (Å²) in [6.45, 7) is 2.26. The molecule has 17 heavy (non-hydrogen) atoms. The van der Waals surface area contributed by atoms with Crippen molar-refractivity contribution in [1.82, 2.24) is 9.97 Å². The van der Waals surface area contributed by atoms with E-state index >= 15 is 0 Å². The number of hydrogen-bond donors (Lipinski definition) is 2. The van der Waals surface area contributed by atoms with Crippen molar-refractivity contribution >= 4 is 11.9 Å². The highest BCUT2D eigenvalue weighted by Gasteiger charge is 2.08. The van der Waals surface area contributed by atoms with Crippen LogP contribution in [-0.2, 0) is 6.54 Å². The molecule has 2 aromatic rings. The number of carboxylic acid groups (broad SMARTS) is 1. The van der Waals surface area contributed by atoms with Crippen LogP contribution in [0.25, 0.3) is 0 Å². The number of nitrogens with one attached hydrogen (secondary N) is 1. The van der Waals surface area contributed by atoms with Crippen molar-refractivity contribution in [3.8, 4) is 0 Å². The monoisotopic (exact) mass is 233 g/mol. The van der Waals surface area contributed by atoms with Crippen LogP contribution in [0.5, 0.6) is 0 Å². The SMILES string of the molecule is Cc1nccc(CNc2ccc(C(=O)O)o2)n1. The lowest BCUT2D eigenvalue weighted by molar-refractivity contribution is 0.0663. The lowest BCUT2D eigenvalue weighted by Gasteiger charge is -2.02. The standard InChI is InChI=1S/C11H11N3O3/c1-7-12-5-4-8(14-7)6-13-10-3-2-9(17-10)11(15)16/h2-5,13H,6H2,1H3,(H,15,16). The summed E-state index contributed by atoms with van der Waals surface area (Å²) in [7, 11) is 0. The summed E-state index contributed by atoms with van der Waals surface area (Å²) in [5.41, 5.74) is 0.811. The van der Waals surface area contributed by atoms with E-state index in [1.165, 1.54) is 6.07 Å². The van der Waals surface area contributed by atoms with Gasteiger partial charge in [-0.1, -0.05) is 0 Å². The molecule has 0 aliphatic rings. The van der Waals surface area contributed by atoms with Crippen LogP contribution in [0.1, 0.15) is 22.1 Å². The molecule has 0 saturated carbocycles. The molecule has 0 aliphatic carbocycles. The molecule has 2 heterocycles. The summed E-state index contributed by atoms with van der Waals surface area (Å²) < 4.78 is 5.04. The number of hydrogen-bond acceptors (Lipinski definition) is 5. The summed E-state index contributed by atoms with van der Waals surface area (Å²) in [5, 5.41) is 11.6. The van der Waals surface area contributed by atoms with Gasteiger partial charge in [-0.15, -0.1) is 0 Å². The molecule has 2 rings (SSSR count). The predicted octanol–water partition coefficient (Wildman–Crippen LogP) is 1.69. The van der Waals surface area contributed by atoms with E-state index < -0.39 is 5.97 Å². The molecule has 0 spiro atoms. The minimum absolute atomic E-state index is 0.0913. The second-order valence-electron chi connectivity index (χ2n) is 3.42. The number of aromatic carboxylic acids is 1. The maximum atomic E-state index is 10.6. The fourth-order valence-electron chi connectivity index (χ4n) is 1.33. The first-order valence-electron chi connectivity index (χ1n) is 5.00. The van der Waals surface area contributed by atoms with Gasteiger partial charge >= 0.3 is 5.97 Å². The quantitative estimate of drug-likeness (QED) is 0.835. The molecule has 0 bridgehead atoms. The van der Waals surface area contributed by atoms with Gasteiger partial charge in [0.05, 0.1) is 12.2 Å². The van der Waals surface area contributed by atoms with Crippen molar-refractivity contribution in [2.24, 2.45) is 0 Å². The highest BCUT2D eigenvalue weighted by Crippen LogP contribution is 2.13. The minimum atomic E-state index is -1.09. The molecular formula is C11H11N3O3. The van der Waals surface area contributed by atoms with Crippen molar-refractivity contribution < 1.29 is 14.3 Å². The molecule has 0 radical (unpaired) electrons. The molecule has 0 aliphatic heterocycles. The Balaban J connectivity index is 2.00. The summed E-state index contributed by atoms with van der Waals surface area (Å²) in [6, 6.07) is 4.74. The van der Waals surface area contributed by atoms with E-state index in [1.807, 2.05) is 0 Å². The van der Waals surface area contributed by atoms with Crippen molar-refractivity contribution in [3.63, 3.8) is 0 Å². The van der Waals surface area contributed by atoms with Gasteiger partial charge in [-0.05, 0) is 19.1 Å². The fourth-order valence-corrected chi connectivity index (χ4v) is 1.33. The molecule has 0 saturated heterocycles. The smallest absolute Gasteiger partial charge is 0.371 e. The molecule has 88 valence electrons. The van der Waals surface area contributed by atoms with E-state index in [9.17, 15) is 4.79 Å². The average molecular weight is 233 g/mol. The Hall–Kier alpha value is -2.37. The van der Waals surface area contributed by atoms with Crippen molar-refractivity contribution in [2.75, 3.05) is 5.32 Å². The van der Waals surface area contributed by atoms with Crippen LogP contribution < -0.4 is 5.32 Å². The lowest BCUT2D eigenvalue weighted by Crippen LogP contribution is -2.02. The summed E-state index contributed by atoms with van der Waals surface area (Å²) in [5.74, 6) is -0.0871. The van der Waals surface area contributed by atoms with Crippen molar-refractivity contribution in [3.05, 3.63) is 41.7 Å². The molecule has 0 aromatic carbocycles. The number of aromatic nitrogens is 2. The van der Waals surface area contributed by atoms with Gasteiger partial charge in [-0.25, -0.2) is 14.8 Å². The first kappa shape index (κ1) is 11.1. The Labute approximate surface area is 97.3 Å². The second kappa shape index (κ2) is 4.65. The van der Waals surface area contributed by atoms with Crippen LogP contribution in [0.4, 0.5) is 5.88 Å². The predicted molar refractivity (Wildman–Crippen MR) is 59.8 cm³/mol.